The molecule has 2 amide bonds. The van der Waals surface area contributed by atoms with Crippen molar-refractivity contribution >= 4 is 40.8 Å². The van der Waals surface area contributed by atoms with Crippen LogP contribution < -0.4 is 9.64 Å². The van der Waals surface area contributed by atoms with Crippen LogP contribution in [0.15, 0.2) is 53.7 Å². The van der Waals surface area contributed by atoms with Gasteiger partial charge in [-0.2, -0.15) is 0 Å². The molecule has 0 saturated carbocycles. The second-order valence-corrected chi connectivity index (χ2v) is 6.52. The molecule has 0 unspecified atom stereocenters. The van der Waals surface area contributed by atoms with Gasteiger partial charge in [0, 0.05) is 17.5 Å². The van der Waals surface area contributed by atoms with E-state index in [1.165, 1.54) is 31.2 Å². The van der Waals surface area contributed by atoms with Crippen LogP contribution in [0.25, 0.3) is 0 Å². The zero-order valence-electron chi connectivity index (χ0n) is 14.1. The Bertz CT molecular complexity index is 969. The number of imide groups is 1. The number of halogens is 1. The third-order valence-corrected chi connectivity index (χ3v) is 4.56. The summed E-state index contributed by atoms with van der Waals surface area (Å²) < 4.78 is 4.96. The third kappa shape index (κ3) is 2.96. The van der Waals surface area contributed by atoms with Crippen molar-refractivity contribution in [2.45, 2.75) is 13.0 Å². The molecule has 1 saturated heterocycles. The number of carbonyl (C=O) groups excluding carboxylic acids is 3. The molecule has 0 bridgehead atoms. The maximum absolute atomic E-state index is 12.9. The first-order valence-corrected chi connectivity index (χ1v) is 8.49. The van der Waals surface area contributed by atoms with Gasteiger partial charge in [0.1, 0.15) is 17.4 Å². The number of ether oxygens (including phenoxy) is 1. The van der Waals surface area contributed by atoms with Crippen LogP contribution in [-0.4, -0.2) is 29.6 Å². The highest BCUT2D eigenvalue weighted by molar-refractivity contribution is 6.33. The van der Waals surface area contributed by atoms with E-state index in [1.807, 2.05) is 0 Å². The van der Waals surface area contributed by atoms with Gasteiger partial charge in [0.25, 0.3) is 5.91 Å². The van der Waals surface area contributed by atoms with Crippen molar-refractivity contribution in [3.63, 3.8) is 0 Å². The van der Waals surface area contributed by atoms with Gasteiger partial charge in [-0.1, -0.05) is 28.9 Å². The molecule has 2 aliphatic heterocycles. The van der Waals surface area contributed by atoms with E-state index in [2.05, 4.69) is 5.16 Å². The van der Waals surface area contributed by atoms with E-state index in [9.17, 15) is 14.4 Å². The van der Waals surface area contributed by atoms with Crippen LogP contribution in [-0.2, 0) is 19.2 Å². The first-order chi connectivity index (χ1) is 13.0. The fraction of sp³-hybridized carbons (Fsp3) is 0.158. The number of hydrogen-bond acceptors (Lipinski definition) is 6. The summed E-state index contributed by atoms with van der Waals surface area (Å²) in [4.78, 5) is 43.0. The van der Waals surface area contributed by atoms with E-state index >= 15 is 0 Å². The van der Waals surface area contributed by atoms with Crippen molar-refractivity contribution < 1.29 is 24.0 Å². The minimum atomic E-state index is -0.990. The molecule has 0 spiro atoms. The summed E-state index contributed by atoms with van der Waals surface area (Å²) in [7, 11) is 0. The van der Waals surface area contributed by atoms with Crippen molar-refractivity contribution in [1.29, 1.82) is 0 Å². The Labute approximate surface area is 159 Å². The summed E-state index contributed by atoms with van der Waals surface area (Å²) in [6.45, 7) is 1.29. The number of benzene rings is 2. The molecule has 7 nitrogen and oxygen atoms in total. The van der Waals surface area contributed by atoms with Crippen LogP contribution in [0, 0.1) is 5.92 Å². The molecule has 27 heavy (non-hydrogen) atoms. The van der Waals surface area contributed by atoms with Crippen molar-refractivity contribution in [1.82, 2.24) is 0 Å². The maximum atomic E-state index is 12.9. The van der Waals surface area contributed by atoms with Crippen LogP contribution in [0.3, 0.4) is 0 Å². The highest BCUT2D eigenvalue weighted by Gasteiger charge is 2.56. The topological polar surface area (TPSA) is 85.3 Å². The molecule has 0 aliphatic carbocycles. The van der Waals surface area contributed by atoms with E-state index in [-0.39, 0.29) is 0 Å². The van der Waals surface area contributed by atoms with E-state index in [0.717, 1.165) is 4.90 Å². The van der Waals surface area contributed by atoms with Crippen molar-refractivity contribution in [3.8, 4) is 5.75 Å². The smallest absolute Gasteiger partial charge is 0.308 e. The maximum Gasteiger partial charge on any atom is 0.308 e. The van der Waals surface area contributed by atoms with Gasteiger partial charge >= 0.3 is 5.97 Å². The lowest BCUT2D eigenvalue weighted by atomic mass is 9.94. The van der Waals surface area contributed by atoms with Crippen molar-refractivity contribution in [2.75, 3.05) is 4.90 Å². The number of amides is 2. The second kappa shape index (κ2) is 6.51. The second-order valence-electron chi connectivity index (χ2n) is 6.09. The molecule has 2 aromatic rings. The quantitative estimate of drug-likeness (QED) is 0.461. The molecule has 0 radical (unpaired) electrons. The molecule has 1 fully saturated rings. The third-order valence-electron chi connectivity index (χ3n) is 4.31. The fourth-order valence-electron chi connectivity index (χ4n) is 3.12. The average molecular weight is 385 g/mol. The molecule has 2 heterocycles. The highest BCUT2D eigenvalue weighted by Crippen LogP contribution is 2.35. The zero-order valence-corrected chi connectivity index (χ0v) is 14.8. The number of rotatable bonds is 3. The van der Waals surface area contributed by atoms with Crippen molar-refractivity contribution in [3.05, 3.63) is 59.1 Å². The van der Waals surface area contributed by atoms with Crippen LogP contribution in [0.5, 0.6) is 5.75 Å². The number of nitrogens with zero attached hydrogens (tertiary/aromatic N) is 2. The lowest BCUT2D eigenvalue weighted by Gasteiger charge is -2.15. The molecule has 2 aromatic carbocycles. The van der Waals surface area contributed by atoms with Gasteiger partial charge in [-0.25, -0.2) is 4.90 Å². The molecule has 0 N–H and O–H groups in total. The summed E-state index contributed by atoms with van der Waals surface area (Å²) in [5, 5.41) is 4.50. The lowest BCUT2D eigenvalue weighted by Crippen LogP contribution is -2.33. The van der Waals surface area contributed by atoms with Gasteiger partial charge in [0.05, 0.1) is 5.69 Å². The normalized spacial score (nSPS) is 21.0. The summed E-state index contributed by atoms with van der Waals surface area (Å²) in [6, 6.07) is 12.9. The monoisotopic (exact) mass is 384 g/mol. The Morgan fingerprint density at radius 2 is 1.74 bits per heavy atom. The molecular weight excluding hydrogens is 372 g/mol. The Morgan fingerprint density at radius 3 is 2.37 bits per heavy atom. The van der Waals surface area contributed by atoms with Gasteiger partial charge in [-0.3, -0.25) is 14.4 Å². The van der Waals surface area contributed by atoms with Crippen molar-refractivity contribution in [2.24, 2.45) is 11.1 Å². The summed E-state index contributed by atoms with van der Waals surface area (Å²) in [5.74, 6) is -1.85. The fourth-order valence-corrected chi connectivity index (χ4v) is 3.25. The van der Waals surface area contributed by atoms with E-state index in [1.54, 1.807) is 24.3 Å². The predicted octanol–water partition coefficient (Wildman–Crippen LogP) is 2.56. The zero-order chi connectivity index (χ0) is 19.1. The number of hydrogen-bond donors (Lipinski definition) is 0. The summed E-state index contributed by atoms with van der Waals surface area (Å²) in [5.41, 5.74) is 1.43. The van der Waals surface area contributed by atoms with Gasteiger partial charge in [-0.15, -0.1) is 0 Å². The SMILES string of the molecule is CC(=O)Oc1ccc(N2C(=O)[C@H]3C(c4ccc(Cl)cc4)=NO[C@H]3C2=O)cc1. The number of carbonyl (C=O) groups is 3. The molecule has 2 aliphatic rings. The summed E-state index contributed by atoms with van der Waals surface area (Å²) >= 11 is 5.90. The number of anilines is 1. The molecule has 136 valence electrons. The standard InChI is InChI=1S/C19H13ClN2O5/c1-10(23)26-14-8-6-13(7-9-14)22-18(24)15-16(21-27-17(15)19(22)25)11-2-4-12(20)5-3-11/h2-9,15,17H,1H3/t15-,17+/m0/s1. The van der Waals surface area contributed by atoms with Gasteiger partial charge in [0.2, 0.25) is 12.0 Å². The van der Waals surface area contributed by atoms with E-state index in [4.69, 9.17) is 21.2 Å². The molecular formula is C19H13ClN2O5. The van der Waals surface area contributed by atoms with E-state index < -0.39 is 29.8 Å². The number of oxime groups is 1. The first-order valence-electron chi connectivity index (χ1n) is 8.11. The Balaban J connectivity index is 1.62. The number of esters is 1. The lowest BCUT2D eigenvalue weighted by molar-refractivity contribution is -0.132. The van der Waals surface area contributed by atoms with Crippen LogP contribution >= 0.6 is 11.6 Å². The van der Waals surface area contributed by atoms with Crippen LogP contribution in [0.4, 0.5) is 5.69 Å². The minimum absolute atomic E-state index is 0.324. The Hall–Kier alpha value is -3.19. The molecule has 2 atom stereocenters. The average Bonchev–Trinajstić information content (AvgIpc) is 3.17. The Kier molecular flexibility index (Phi) is 4.16. The highest BCUT2D eigenvalue weighted by atomic mass is 35.5. The largest absolute Gasteiger partial charge is 0.427 e. The predicted molar refractivity (Wildman–Crippen MR) is 96.6 cm³/mol. The number of fused-ring (bicyclic) bond motifs is 1. The molecule has 8 heteroatoms. The van der Waals surface area contributed by atoms with Crippen LogP contribution in [0.1, 0.15) is 12.5 Å². The van der Waals surface area contributed by atoms with Crippen LogP contribution in [0.2, 0.25) is 5.02 Å². The van der Waals surface area contributed by atoms with Gasteiger partial charge in [-0.05, 0) is 36.4 Å². The molecule has 4 rings (SSSR count). The van der Waals surface area contributed by atoms with E-state index in [0.29, 0.717) is 27.7 Å². The molecule has 0 aromatic heterocycles. The Morgan fingerprint density at radius 1 is 1.07 bits per heavy atom. The first kappa shape index (κ1) is 17.2. The summed E-state index contributed by atoms with van der Waals surface area (Å²) in [6.07, 6.45) is -0.990. The van der Waals surface area contributed by atoms with Gasteiger partial charge < -0.3 is 9.57 Å². The minimum Gasteiger partial charge on any atom is -0.427 e. The van der Waals surface area contributed by atoms with Gasteiger partial charge in [0.15, 0.2) is 0 Å².